The molecule has 4 rings (SSSR count). The van der Waals surface area contributed by atoms with E-state index in [1.807, 2.05) is 24.3 Å². The maximum atomic E-state index is 6.12. The zero-order valence-electron chi connectivity index (χ0n) is 16.2. The van der Waals surface area contributed by atoms with E-state index in [1.165, 1.54) is 11.1 Å². The largest absolute Gasteiger partial charge is 0.477 e. The average Bonchev–Trinajstić information content (AvgIpc) is 2.75. The Hall–Kier alpha value is -2.07. The van der Waals surface area contributed by atoms with Crippen molar-refractivity contribution >= 4 is 23.2 Å². The van der Waals surface area contributed by atoms with Gasteiger partial charge in [-0.2, -0.15) is 0 Å². The molecule has 1 fully saturated rings. The van der Waals surface area contributed by atoms with E-state index in [0.29, 0.717) is 29.3 Å². The third kappa shape index (κ3) is 5.51. The molecule has 2 atom stereocenters. The number of likely N-dealkylation sites (tertiary alicyclic amines) is 1. The minimum absolute atomic E-state index is 0.386. The fourth-order valence-corrected chi connectivity index (χ4v) is 4.22. The molecule has 2 heterocycles. The van der Waals surface area contributed by atoms with Crippen molar-refractivity contribution < 1.29 is 4.74 Å². The molecule has 29 heavy (non-hydrogen) atoms. The van der Waals surface area contributed by atoms with Gasteiger partial charge >= 0.3 is 0 Å². The first-order chi connectivity index (χ1) is 14.2. The van der Waals surface area contributed by atoms with Crippen molar-refractivity contribution in [1.29, 1.82) is 0 Å². The number of halogens is 2. The van der Waals surface area contributed by atoms with E-state index < -0.39 is 0 Å². The molecule has 1 aliphatic rings. The summed E-state index contributed by atoms with van der Waals surface area (Å²) in [5.41, 5.74) is 2.66. The number of pyridine rings is 1. The molecule has 3 nitrogen and oxygen atoms in total. The molecule has 0 radical (unpaired) electrons. The summed E-state index contributed by atoms with van der Waals surface area (Å²) in [5.74, 6) is 1.42. The fourth-order valence-electron chi connectivity index (χ4n) is 3.98. The van der Waals surface area contributed by atoms with Crippen molar-refractivity contribution in [2.45, 2.75) is 18.9 Å². The van der Waals surface area contributed by atoms with Gasteiger partial charge in [0.1, 0.15) is 0 Å². The summed E-state index contributed by atoms with van der Waals surface area (Å²) < 4.78 is 6.02. The zero-order chi connectivity index (χ0) is 20.1. The minimum Gasteiger partial charge on any atom is -0.477 e. The van der Waals surface area contributed by atoms with E-state index in [-0.39, 0.29) is 0 Å². The molecule has 2 unspecified atom stereocenters. The van der Waals surface area contributed by atoms with Gasteiger partial charge in [0.15, 0.2) is 0 Å². The Bertz CT molecular complexity index is 900. The van der Waals surface area contributed by atoms with Gasteiger partial charge in [0.25, 0.3) is 0 Å². The van der Waals surface area contributed by atoms with Crippen LogP contribution in [0.3, 0.4) is 0 Å². The number of rotatable bonds is 6. The summed E-state index contributed by atoms with van der Waals surface area (Å²) in [6, 6.07) is 22.5. The monoisotopic (exact) mass is 426 g/mol. The van der Waals surface area contributed by atoms with E-state index >= 15 is 0 Å². The fraction of sp³-hybridized carbons (Fsp3) is 0.292. The second-order valence-corrected chi connectivity index (χ2v) is 8.43. The Morgan fingerprint density at radius 3 is 2.41 bits per heavy atom. The van der Waals surface area contributed by atoms with Crippen LogP contribution in [0.4, 0.5) is 0 Å². The van der Waals surface area contributed by atoms with E-state index in [9.17, 15) is 0 Å². The van der Waals surface area contributed by atoms with E-state index in [4.69, 9.17) is 27.9 Å². The van der Waals surface area contributed by atoms with Gasteiger partial charge in [0.2, 0.25) is 5.88 Å². The number of nitrogens with zero attached hydrogens (tertiary/aromatic N) is 2. The third-order valence-corrected chi connectivity index (χ3v) is 6.01. The maximum absolute atomic E-state index is 6.12. The summed E-state index contributed by atoms with van der Waals surface area (Å²) in [6.45, 7) is 3.66. The summed E-state index contributed by atoms with van der Waals surface area (Å²) in [5, 5.41) is 1.38. The first-order valence-electron chi connectivity index (χ1n) is 9.93. The van der Waals surface area contributed by atoms with Crippen molar-refractivity contribution in [2.75, 3.05) is 19.7 Å². The topological polar surface area (TPSA) is 25.4 Å². The van der Waals surface area contributed by atoms with Crippen LogP contribution in [0.15, 0.2) is 72.9 Å². The molecule has 0 saturated carbocycles. The maximum Gasteiger partial charge on any atom is 0.213 e. The van der Waals surface area contributed by atoms with Crippen molar-refractivity contribution in [2.24, 2.45) is 5.92 Å². The molecule has 0 bridgehead atoms. The Morgan fingerprint density at radius 2 is 1.69 bits per heavy atom. The van der Waals surface area contributed by atoms with Crippen molar-refractivity contribution in [1.82, 2.24) is 9.88 Å². The summed E-state index contributed by atoms with van der Waals surface area (Å²) in [6.07, 6.45) is 2.70. The third-order valence-electron chi connectivity index (χ3n) is 5.53. The van der Waals surface area contributed by atoms with Crippen LogP contribution in [0.2, 0.25) is 10.0 Å². The molecule has 3 aromatic rings. The molecular weight excluding hydrogens is 403 g/mol. The number of benzene rings is 2. The lowest BCUT2D eigenvalue weighted by atomic mass is 9.81. The first-order valence-corrected chi connectivity index (χ1v) is 10.7. The van der Waals surface area contributed by atoms with Crippen molar-refractivity contribution in [3.63, 3.8) is 0 Å². The number of aromatic nitrogens is 1. The normalized spacial score (nSPS) is 19.8. The van der Waals surface area contributed by atoms with E-state index in [0.717, 1.165) is 31.1 Å². The highest BCUT2D eigenvalue weighted by molar-refractivity contribution is 6.30. The number of hydrogen-bond acceptors (Lipinski definition) is 3. The van der Waals surface area contributed by atoms with Crippen LogP contribution in [-0.4, -0.2) is 29.6 Å². The van der Waals surface area contributed by atoms with Crippen LogP contribution in [0.25, 0.3) is 0 Å². The van der Waals surface area contributed by atoms with Gasteiger partial charge in [-0.25, -0.2) is 4.98 Å². The molecule has 0 N–H and O–H groups in total. The molecule has 1 saturated heterocycles. The Morgan fingerprint density at radius 1 is 0.931 bits per heavy atom. The Balaban J connectivity index is 1.47. The highest BCUT2D eigenvalue weighted by Crippen LogP contribution is 2.34. The molecule has 1 aliphatic heterocycles. The molecule has 150 valence electrons. The lowest BCUT2D eigenvalue weighted by Crippen LogP contribution is -2.40. The van der Waals surface area contributed by atoms with Gasteiger partial charge in [-0.3, -0.25) is 4.90 Å². The first kappa shape index (κ1) is 20.2. The molecule has 0 aliphatic carbocycles. The Kier molecular flexibility index (Phi) is 6.70. The smallest absolute Gasteiger partial charge is 0.213 e. The van der Waals surface area contributed by atoms with Gasteiger partial charge in [-0.1, -0.05) is 65.7 Å². The van der Waals surface area contributed by atoms with Gasteiger partial charge in [0.05, 0.1) is 11.6 Å². The molecular formula is C24H24Cl2N2O. The van der Waals surface area contributed by atoms with Gasteiger partial charge in [-0.15, -0.1) is 0 Å². The van der Waals surface area contributed by atoms with Crippen molar-refractivity contribution in [3.05, 3.63) is 94.1 Å². The second-order valence-electron chi connectivity index (χ2n) is 7.55. The zero-order valence-corrected chi connectivity index (χ0v) is 17.7. The predicted octanol–water partition coefficient (Wildman–Crippen LogP) is 6.07. The van der Waals surface area contributed by atoms with Crippen LogP contribution >= 0.6 is 23.2 Å². The highest BCUT2D eigenvalue weighted by atomic mass is 35.5. The summed E-state index contributed by atoms with van der Waals surface area (Å²) in [4.78, 5) is 6.79. The summed E-state index contributed by atoms with van der Waals surface area (Å²) in [7, 11) is 0. The molecule has 0 amide bonds. The van der Waals surface area contributed by atoms with Gasteiger partial charge in [-0.05, 0) is 42.3 Å². The molecule has 0 spiro atoms. The number of hydrogen-bond donors (Lipinski definition) is 0. The van der Waals surface area contributed by atoms with Crippen LogP contribution in [0.1, 0.15) is 23.5 Å². The number of ether oxygens (including phenoxy) is 1. The van der Waals surface area contributed by atoms with Crippen LogP contribution in [-0.2, 0) is 6.54 Å². The predicted molar refractivity (Wildman–Crippen MR) is 119 cm³/mol. The van der Waals surface area contributed by atoms with E-state index in [2.05, 4.69) is 52.3 Å². The lowest BCUT2D eigenvalue weighted by Gasteiger charge is -2.39. The average molecular weight is 427 g/mol. The molecule has 5 heteroatoms. The SMILES string of the molecule is Clc1ccc(C2CN(Cc3ccccc3)CCC2COc2ccc(Cl)cn2)cc1. The van der Waals surface area contributed by atoms with Crippen molar-refractivity contribution in [3.8, 4) is 5.88 Å². The molecule has 2 aromatic carbocycles. The standard InChI is InChI=1S/C24H24Cl2N2O/c25-21-8-6-19(7-9-21)23-16-28(15-18-4-2-1-3-5-18)13-12-20(23)17-29-24-11-10-22(26)14-27-24/h1-11,14,20,23H,12-13,15-17H2. The van der Waals surface area contributed by atoms with Crippen LogP contribution in [0, 0.1) is 5.92 Å². The van der Waals surface area contributed by atoms with E-state index in [1.54, 1.807) is 6.20 Å². The lowest BCUT2D eigenvalue weighted by molar-refractivity contribution is 0.112. The molecule has 1 aromatic heterocycles. The Labute approximate surface area is 182 Å². The van der Waals surface area contributed by atoms with Gasteiger partial charge in [0, 0.05) is 42.2 Å². The number of piperidine rings is 1. The second kappa shape index (κ2) is 9.62. The van der Waals surface area contributed by atoms with Crippen LogP contribution < -0.4 is 4.74 Å². The van der Waals surface area contributed by atoms with Crippen LogP contribution in [0.5, 0.6) is 5.88 Å². The van der Waals surface area contributed by atoms with Gasteiger partial charge < -0.3 is 4.74 Å². The summed E-state index contributed by atoms with van der Waals surface area (Å²) >= 11 is 12.0. The highest BCUT2D eigenvalue weighted by Gasteiger charge is 2.31. The quantitative estimate of drug-likeness (QED) is 0.477. The minimum atomic E-state index is 0.386.